The third-order valence-electron chi connectivity index (χ3n) is 2.85. The van der Waals surface area contributed by atoms with E-state index in [-0.39, 0.29) is 0 Å². The molecule has 1 unspecified atom stereocenters. The minimum Gasteiger partial charge on any atom is -0.480 e. The lowest BCUT2D eigenvalue weighted by Crippen LogP contribution is -2.12. The zero-order valence-electron chi connectivity index (χ0n) is 10.2. The molecule has 0 fully saturated rings. The Labute approximate surface area is 108 Å². The van der Waals surface area contributed by atoms with Crippen LogP contribution in [-0.2, 0) is 11.2 Å². The van der Waals surface area contributed by atoms with Crippen molar-refractivity contribution in [3.63, 3.8) is 0 Å². The van der Waals surface area contributed by atoms with Crippen LogP contribution in [0.3, 0.4) is 0 Å². The highest BCUT2D eigenvalue weighted by atomic mass is 32.1. The molecule has 3 heteroatoms. The van der Waals surface area contributed by atoms with Crippen molar-refractivity contribution in [2.24, 2.45) is 0 Å². The van der Waals surface area contributed by atoms with Crippen molar-refractivity contribution >= 4 is 18.6 Å². The van der Waals surface area contributed by atoms with Crippen molar-refractivity contribution in [1.82, 2.24) is 0 Å². The molecule has 0 aliphatic carbocycles. The number of hydrogen-bond acceptors (Lipinski definition) is 2. The zero-order valence-corrected chi connectivity index (χ0v) is 11.1. The molecule has 2 nitrogen and oxygen atoms in total. The average Bonchev–Trinajstić information content (AvgIpc) is 2.30. The summed E-state index contributed by atoms with van der Waals surface area (Å²) in [6.45, 7) is 2.09. The van der Waals surface area contributed by atoms with Gasteiger partial charge in [0, 0.05) is 0 Å². The summed E-state index contributed by atoms with van der Waals surface area (Å²) in [5.74, 6) is -0.813. The van der Waals surface area contributed by atoms with Gasteiger partial charge in [-0.15, -0.1) is 0 Å². The Morgan fingerprint density at radius 1 is 1.24 bits per heavy atom. The topological polar surface area (TPSA) is 37.3 Å². The van der Waals surface area contributed by atoms with Gasteiger partial charge in [0.15, 0.2) is 0 Å². The van der Waals surface area contributed by atoms with E-state index in [9.17, 15) is 4.79 Å². The molecule has 0 aliphatic rings. The smallest absolute Gasteiger partial charge is 0.316 e. The first-order valence-corrected chi connectivity index (χ1v) is 6.57. The van der Waals surface area contributed by atoms with Gasteiger partial charge in [-0.1, -0.05) is 42.7 Å². The lowest BCUT2D eigenvalue weighted by molar-refractivity contribution is -0.136. The van der Waals surface area contributed by atoms with Crippen molar-refractivity contribution in [3.05, 3.63) is 35.4 Å². The van der Waals surface area contributed by atoms with Crippen LogP contribution in [0.1, 0.15) is 36.8 Å². The van der Waals surface area contributed by atoms with Gasteiger partial charge in [0.05, 0.1) is 5.25 Å². The molecule has 0 aliphatic heterocycles. The SMILES string of the molecule is Cc1ccc(CCCCCC(S)C(=O)O)cc1. The Balaban J connectivity index is 2.12. The molecule has 0 radical (unpaired) electrons. The minimum atomic E-state index is -0.813. The van der Waals surface area contributed by atoms with Crippen molar-refractivity contribution < 1.29 is 9.90 Å². The minimum absolute atomic E-state index is 0.505. The van der Waals surface area contributed by atoms with Crippen molar-refractivity contribution in [1.29, 1.82) is 0 Å². The molecule has 0 spiro atoms. The van der Waals surface area contributed by atoms with E-state index in [1.54, 1.807) is 0 Å². The van der Waals surface area contributed by atoms with Gasteiger partial charge >= 0.3 is 5.97 Å². The van der Waals surface area contributed by atoms with Gasteiger partial charge in [0.2, 0.25) is 0 Å². The maximum Gasteiger partial charge on any atom is 0.316 e. The highest BCUT2D eigenvalue weighted by Crippen LogP contribution is 2.12. The van der Waals surface area contributed by atoms with Crippen molar-refractivity contribution in [2.45, 2.75) is 44.3 Å². The molecular formula is C14H20O2S. The summed E-state index contributed by atoms with van der Waals surface area (Å²) in [7, 11) is 0. The lowest BCUT2D eigenvalue weighted by Gasteiger charge is -2.05. The Morgan fingerprint density at radius 2 is 1.88 bits per heavy atom. The van der Waals surface area contributed by atoms with Crippen LogP contribution in [0.4, 0.5) is 0 Å². The van der Waals surface area contributed by atoms with E-state index in [4.69, 9.17) is 5.11 Å². The predicted molar refractivity (Wildman–Crippen MR) is 73.8 cm³/mol. The number of aryl methyl sites for hydroxylation is 2. The first-order valence-electron chi connectivity index (χ1n) is 6.06. The molecule has 94 valence electrons. The monoisotopic (exact) mass is 252 g/mol. The van der Waals surface area contributed by atoms with Gasteiger partial charge in [0.1, 0.15) is 0 Å². The Morgan fingerprint density at radius 3 is 2.47 bits per heavy atom. The molecule has 1 aromatic carbocycles. The van der Waals surface area contributed by atoms with E-state index < -0.39 is 11.2 Å². The van der Waals surface area contributed by atoms with Crippen LogP contribution in [-0.4, -0.2) is 16.3 Å². The predicted octanol–water partition coefficient (Wildman–Crippen LogP) is 3.48. The maximum absolute atomic E-state index is 10.5. The third kappa shape index (κ3) is 5.78. The van der Waals surface area contributed by atoms with E-state index in [1.165, 1.54) is 11.1 Å². The number of hydrogen-bond donors (Lipinski definition) is 2. The molecule has 0 saturated carbocycles. The summed E-state index contributed by atoms with van der Waals surface area (Å²) in [4.78, 5) is 10.5. The van der Waals surface area contributed by atoms with E-state index in [2.05, 4.69) is 43.8 Å². The van der Waals surface area contributed by atoms with Crippen molar-refractivity contribution in [3.8, 4) is 0 Å². The summed E-state index contributed by atoms with van der Waals surface area (Å²) in [5.41, 5.74) is 2.64. The second kappa shape index (κ2) is 7.38. The second-order valence-electron chi connectivity index (χ2n) is 4.44. The largest absolute Gasteiger partial charge is 0.480 e. The first kappa shape index (κ1) is 14.1. The third-order valence-corrected chi connectivity index (χ3v) is 3.33. The summed E-state index contributed by atoms with van der Waals surface area (Å²) >= 11 is 4.01. The zero-order chi connectivity index (χ0) is 12.7. The van der Waals surface area contributed by atoms with Crippen LogP contribution in [0.25, 0.3) is 0 Å². The normalized spacial score (nSPS) is 12.4. The molecule has 0 amide bonds. The highest BCUT2D eigenvalue weighted by molar-refractivity contribution is 7.81. The number of benzene rings is 1. The lowest BCUT2D eigenvalue weighted by atomic mass is 10.0. The molecule has 1 rings (SSSR count). The fourth-order valence-corrected chi connectivity index (χ4v) is 1.90. The Kier molecular flexibility index (Phi) is 6.12. The van der Waals surface area contributed by atoms with E-state index in [0.29, 0.717) is 6.42 Å². The van der Waals surface area contributed by atoms with Crippen molar-refractivity contribution in [2.75, 3.05) is 0 Å². The van der Waals surface area contributed by atoms with Crippen LogP contribution < -0.4 is 0 Å². The highest BCUT2D eigenvalue weighted by Gasteiger charge is 2.10. The Hall–Kier alpha value is -0.960. The van der Waals surface area contributed by atoms with Crippen LogP contribution in [0, 0.1) is 6.92 Å². The van der Waals surface area contributed by atoms with Gasteiger partial charge in [0.25, 0.3) is 0 Å². The summed E-state index contributed by atoms with van der Waals surface area (Å²) in [6.07, 6.45) is 4.85. The molecule has 1 N–H and O–H groups in total. The maximum atomic E-state index is 10.5. The molecule has 0 bridgehead atoms. The van der Waals surface area contributed by atoms with Crippen LogP contribution in [0.5, 0.6) is 0 Å². The summed E-state index contributed by atoms with van der Waals surface area (Å²) in [6, 6.07) is 8.58. The second-order valence-corrected chi connectivity index (χ2v) is 5.06. The summed E-state index contributed by atoms with van der Waals surface area (Å²) < 4.78 is 0. The summed E-state index contributed by atoms with van der Waals surface area (Å²) in [5, 5.41) is 8.16. The number of aliphatic carboxylic acids is 1. The van der Waals surface area contributed by atoms with Crippen LogP contribution >= 0.6 is 12.6 Å². The molecule has 0 aromatic heterocycles. The number of unbranched alkanes of at least 4 members (excludes halogenated alkanes) is 2. The van der Waals surface area contributed by atoms with Gasteiger partial charge in [-0.25, -0.2) is 0 Å². The molecular weight excluding hydrogens is 232 g/mol. The van der Waals surface area contributed by atoms with Crippen LogP contribution in [0.15, 0.2) is 24.3 Å². The van der Waals surface area contributed by atoms with Gasteiger partial charge < -0.3 is 5.11 Å². The molecule has 0 saturated heterocycles. The fraction of sp³-hybridized carbons (Fsp3) is 0.500. The molecule has 0 heterocycles. The quantitative estimate of drug-likeness (QED) is 0.576. The van der Waals surface area contributed by atoms with Gasteiger partial charge in [-0.3, -0.25) is 4.79 Å². The standard InChI is InChI=1S/C14H20O2S/c1-11-7-9-12(10-8-11)5-3-2-4-6-13(17)14(15)16/h7-10,13,17H,2-6H2,1H3,(H,15,16). The number of carboxylic acid groups (broad SMARTS) is 1. The molecule has 1 aromatic rings. The first-order chi connectivity index (χ1) is 8.09. The number of carbonyl (C=O) groups is 1. The van der Waals surface area contributed by atoms with Gasteiger partial charge in [-0.05, 0) is 31.7 Å². The van der Waals surface area contributed by atoms with E-state index in [0.717, 1.165) is 25.7 Å². The van der Waals surface area contributed by atoms with Gasteiger partial charge in [-0.2, -0.15) is 12.6 Å². The fourth-order valence-electron chi connectivity index (χ4n) is 1.72. The van der Waals surface area contributed by atoms with E-state index >= 15 is 0 Å². The number of carboxylic acids is 1. The Bertz CT molecular complexity index is 346. The van der Waals surface area contributed by atoms with E-state index in [1.807, 2.05) is 0 Å². The molecule has 1 atom stereocenters. The average molecular weight is 252 g/mol. The molecule has 17 heavy (non-hydrogen) atoms. The number of thiol groups is 1. The number of rotatable bonds is 7. The van der Waals surface area contributed by atoms with Crippen LogP contribution in [0.2, 0.25) is 0 Å².